The van der Waals surface area contributed by atoms with Crippen LogP contribution >= 0.6 is 11.8 Å². The average Bonchev–Trinajstić information content (AvgIpc) is 2.80. The fourth-order valence-electron chi connectivity index (χ4n) is 3.26. The first-order valence-corrected chi connectivity index (χ1v) is 11.7. The average molecular weight is 464 g/mol. The molecule has 1 atom stereocenters. The van der Waals surface area contributed by atoms with Crippen molar-refractivity contribution in [1.29, 1.82) is 0 Å². The highest BCUT2D eigenvalue weighted by Crippen LogP contribution is 2.24. The lowest BCUT2D eigenvalue weighted by atomic mass is 10.1. The molecule has 3 rings (SSSR count). The second kappa shape index (κ2) is 11.8. The number of carbonyl (C=O) groups excluding carboxylic acids is 3. The van der Waals surface area contributed by atoms with E-state index in [4.69, 9.17) is 0 Å². The topological polar surface area (TPSA) is 91.7 Å². The van der Waals surface area contributed by atoms with Crippen molar-refractivity contribution in [1.82, 2.24) is 0 Å². The Balaban J connectivity index is 1.56. The monoisotopic (exact) mass is 463 g/mol. The summed E-state index contributed by atoms with van der Waals surface area (Å²) in [7, 11) is 1.77. The number of para-hydroxylation sites is 3. The van der Waals surface area contributed by atoms with E-state index in [2.05, 4.69) is 16.0 Å². The summed E-state index contributed by atoms with van der Waals surface area (Å²) < 4.78 is 0. The molecule has 3 aromatic rings. The fraction of sp³-hybridized carbons (Fsp3) is 0.160. The first-order valence-electron chi connectivity index (χ1n) is 10.5. The van der Waals surface area contributed by atoms with Crippen LogP contribution in [0.1, 0.15) is 10.4 Å². The van der Waals surface area contributed by atoms with Gasteiger partial charge in [0.2, 0.25) is 0 Å². The Bertz CT molecular complexity index is 1120. The third kappa shape index (κ3) is 7.20. The Kier molecular flexibility index (Phi) is 8.63. The molecule has 0 aliphatic carbocycles. The second-order valence-corrected chi connectivity index (χ2v) is 8.32. The molecule has 0 saturated heterocycles. The van der Waals surface area contributed by atoms with Gasteiger partial charge in [0, 0.05) is 10.6 Å². The molecule has 0 aliphatic rings. The van der Waals surface area contributed by atoms with Gasteiger partial charge in [-0.2, -0.15) is 0 Å². The van der Waals surface area contributed by atoms with Gasteiger partial charge in [-0.3, -0.25) is 14.4 Å². The molecule has 170 valence electrons. The van der Waals surface area contributed by atoms with Gasteiger partial charge in [0.15, 0.2) is 13.1 Å². The summed E-state index contributed by atoms with van der Waals surface area (Å²) >= 11 is 1.55. The van der Waals surface area contributed by atoms with E-state index in [9.17, 15) is 14.4 Å². The Labute approximate surface area is 197 Å². The number of hydrogen-bond acceptors (Lipinski definition) is 4. The Morgan fingerprint density at radius 3 is 1.94 bits per heavy atom. The summed E-state index contributed by atoms with van der Waals surface area (Å²) in [6.45, 7) is 0.207. The van der Waals surface area contributed by atoms with E-state index in [1.165, 1.54) is 0 Å². The number of carbonyl (C=O) groups is 3. The molecule has 3 aromatic carbocycles. The molecular weight excluding hydrogens is 436 g/mol. The highest BCUT2D eigenvalue weighted by atomic mass is 32.2. The second-order valence-electron chi connectivity index (χ2n) is 7.47. The number of hydrogen-bond donors (Lipinski definition) is 4. The van der Waals surface area contributed by atoms with Gasteiger partial charge in [-0.25, -0.2) is 0 Å². The van der Waals surface area contributed by atoms with Crippen molar-refractivity contribution in [3.05, 3.63) is 84.4 Å². The molecule has 0 bridgehead atoms. The Morgan fingerprint density at radius 2 is 1.27 bits per heavy atom. The van der Waals surface area contributed by atoms with Crippen molar-refractivity contribution in [2.24, 2.45) is 0 Å². The van der Waals surface area contributed by atoms with Crippen LogP contribution in [0, 0.1) is 0 Å². The van der Waals surface area contributed by atoms with E-state index in [0.29, 0.717) is 16.9 Å². The maximum atomic E-state index is 12.7. The summed E-state index contributed by atoms with van der Waals surface area (Å²) in [6, 6.07) is 23.5. The quantitative estimate of drug-likeness (QED) is 0.367. The van der Waals surface area contributed by atoms with Crippen LogP contribution in [0.2, 0.25) is 0 Å². The zero-order valence-electron chi connectivity index (χ0n) is 18.6. The first-order chi connectivity index (χ1) is 16.0. The van der Waals surface area contributed by atoms with E-state index in [1.807, 2.05) is 48.7 Å². The number of quaternary nitrogens is 1. The van der Waals surface area contributed by atoms with Crippen LogP contribution in [0.15, 0.2) is 83.8 Å². The van der Waals surface area contributed by atoms with Gasteiger partial charge in [-0.15, -0.1) is 11.8 Å². The molecule has 0 fully saturated rings. The summed E-state index contributed by atoms with van der Waals surface area (Å²) in [5, 5.41) is 8.51. The molecule has 0 radical (unpaired) electrons. The summed E-state index contributed by atoms with van der Waals surface area (Å²) in [4.78, 5) is 39.4. The van der Waals surface area contributed by atoms with Gasteiger partial charge in [0.25, 0.3) is 17.7 Å². The highest BCUT2D eigenvalue weighted by Gasteiger charge is 2.18. The fourth-order valence-corrected chi connectivity index (χ4v) is 3.81. The summed E-state index contributed by atoms with van der Waals surface area (Å²) in [5.74, 6) is -0.779. The lowest BCUT2D eigenvalue weighted by Gasteiger charge is -2.16. The van der Waals surface area contributed by atoms with Crippen LogP contribution in [-0.4, -0.2) is 44.1 Å². The number of benzene rings is 3. The molecule has 0 saturated carbocycles. The molecule has 7 nitrogen and oxygen atoms in total. The molecule has 0 spiro atoms. The third-order valence-electron chi connectivity index (χ3n) is 4.78. The van der Waals surface area contributed by atoms with Gasteiger partial charge >= 0.3 is 0 Å². The molecule has 0 aromatic heterocycles. The number of thioether (sulfide) groups is 1. The standard InChI is InChI=1S/C25H26N4O3S/c1-29(17-24(31)28-21-14-8-9-15-22(21)33-2)16-23(30)27-20-13-7-6-12-19(20)25(32)26-18-10-4-3-5-11-18/h3-15H,16-17H2,1-2H3,(H,26,32)(H,27,30)(H,28,31)/p+1. The SMILES string of the molecule is CSc1ccccc1NC(=O)C[NH+](C)CC(=O)Nc1ccccc1C(=O)Nc1ccccc1. The van der Waals surface area contributed by atoms with Gasteiger partial charge in [-0.1, -0.05) is 42.5 Å². The minimum absolute atomic E-state index is 0.0756. The smallest absolute Gasteiger partial charge is 0.279 e. The van der Waals surface area contributed by atoms with E-state index in [-0.39, 0.29) is 30.8 Å². The molecule has 4 N–H and O–H groups in total. The van der Waals surface area contributed by atoms with Crippen LogP contribution in [0.3, 0.4) is 0 Å². The van der Waals surface area contributed by atoms with Crippen LogP contribution in [0.5, 0.6) is 0 Å². The van der Waals surface area contributed by atoms with Crippen molar-refractivity contribution in [2.45, 2.75) is 4.90 Å². The zero-order chi connectivity index (χ0) is 23.6. The first kappa shape index (κ1) is 24.0. The number of nitrogens with one attached hydrogen (secondary N) is 4. The molecule has 3 amide bonds. The molecule has 8 heteroatoms. The maximum Gasteiger partial charge on any atom is 0.279 e. The van der Waals surface area contributed by atoms with Crippen molar-refractivity contribution < 1.29 is 19.3 Å². The van der Waals surface area contributed by atoms with Crippen LogP contribution in [-0.2, 0) is 9.59 Å². The van der Waals surface area contributed by atoms with Crippen molar-refractivity contribution in [2.75, 3.05) is 42.3 Å². The molecule has 0 heterocycles. The predicted molar refractivity (Wildman–Crippen MR) is 133 cm³/mol. The van der Waals surface area contributed by atoms with Gasteiger partial charge in [0.1, 0.15) is 0 Å². The number of anilines is 3. The van der Waals surface area contributed by atoms with E-state index < -0.39 is 0 Å². The molecular formula is C25H27N4O3S+. The summed E-state index contributed by atoms with van der Waals surface area (Å²) in [5.41, 5.74) is 2.20. The van der Waals surface area contributed by atoms with Crippen LogP contribution in [0.4, 0.5) is 17.1 Å². The minimum Gasteiger partial charge on any atom is -0.322 e. The Morgan fingerprint density at radius 1 is 0.727 bits per heavy atom. The zero-order valence-corrected chi connectivity index (χ0v) is 19.4. The minimum atomic E-state index is -0.315. The van der Waals surface area contributed by atoms with E-state index >= 15 is 0 Å². The predicted octanol–water partition coefficient (Wildman–Crippen LogP) is 2.75. The largest absolute Gasteiger partial charge is 0.322 e. The van der Waals surface area contributed by atoms with Crippen molar-refractivity contribution in [3.63, 3.8) is 0 Å². The number of rotatable bonds is 9. The van der Waals surface area contributed by atoms with E-state index in [1.54, 1.807) is 55.2 Å². The van der Waals surface area contributed by atoms with Crippen LogP contribution < -0.4 is 20.9 Å². The van der Waals surface area contributed by atoms with Gasteiger partial charge in [-0.05, 0) is 42.7 Å². The Hall–Kier alpha value is -3.62. The molecule has 1 unspecified atom stereocenters. The maximum absolute atomic E-state index is 12.7. The van der Waals surface area contributed by atoms with E-state index in [0.717, 1.165) is 15.5 Å². The van der Waals surface area contributed by atoms with Crippen molar-refractivity contribution in [3.8, 4) is 0 Å². The highest BCUT2D eigenvalue weighted by molar-refractivity contribution is 7.98. The lowest BCUT2D eigenvalue weighted by molar-refractivity contribution is -0.862. The molecule has 0 aliphatic heterocycles. The normalized spacial score (nSPS) is 11.3. The number of amides is 3. The number of likely N-dealkylation sites (N-methyl/N-ethyl adjacent to an activating group) is 1. The van der Waals surface area contributed by atoms with Gasteiger partial charge in [0.05, 0.1) is 24.0 Å². The summed E-state index contributed by atoms with van der Waals surface area (Å²) in [6.07, 6.45) is 1.95. The third-order valence-corrected chi connectivity index (χ3v) is 5.58. The van der Waals surface area contributed by atoms with Gasteiger partial charge < -0.3 is 20.9 Å². The van der Waals surface area contributed by atoms with Crippen LogP contribution in [0.25, 0.3) is 0 Å². The molecule has 33 heavy (non-hydrogen) atoms. The lowest BCUT2D eigenvalue weighted by Crippen LogP contribution is -3.11. The van der Waals surface area contributed by atoms with Crippen molar-refractivity contribution >= 4 is 46.5 Å².